The molecular formula is C14H21ClN2O2. The first-order chi connectivity index (χ1) is 8.82. The molecule has 0 heterocycles. The van der Waals surface area contributed by atoms with Gasteiger partial charge in [-0.1, -0.05) is 32.4 Å². The van der Waals surface area contributed by atoms with Gasteiger partial charge in [0.2, 0.25) is 0 Å². The van der Waals surface area contributed by atoms with E-state index in [0.717, 1.165) is 0 Å². The average molecular weight is 285 g/mol. The molecule has 0 aromatic heterocycles. The molecule has 1 amide bonds. The molecule has 0 spiro atoms. The van der Waals surface area contributed by atoms with E-state index < -0.39 is 0 Å². The summed E-state index contributed by atoms with van der Waals surface area (Å²) in [6.07, 6.45) is 0. The van der Waals surface area contributed by atoms with Gasteiger partial charge in [0.25, 0.3) is 5.91 Å². The number of ether oxygens (including phenoxy) is 1. The Balaban J connectivity index is 2.45. The van der Waals surface area contributed by atoms with Gasteiger partial charge in [0, 0.05) is 17.6 Å². The van der Waals surface area contributed by atoms with Crippen LogP contribution in [0.3, 0.4) is 0 Å². The van der Waals surface area contributed by atoms with Crippen LogP contribution in [0.4, 0.5) is 0 Å². The number of rotatable bonds is 5. The number of amides is 1. The van der Waals surface area contributed by atoms with Crippen LogP contribution in [0.2, 0.25) is 5.02 Å². The van der Waals surface area contributed by atoms with Crippen LogP contribution in [0, 0.1) is 5.41 Å². The van der Waals surface area contributed by atoms with E-state index >= 15 is 0 Å². The van der Waals surface area contributed by atoms with Gasteiger partial charge in [-0.05, 0) is 29.7 Å². The van der Waals surface area contributed by atoms with Crippen LogP contribution in [0.25, 0.3) is 0 Å². The number of carbonyl (C=O) groups excluding carboxylic acids is 1. The lowest BCUT2D eigenvalue weighted by atomic mass is 9.87. The van der Waals surface area contributed by atoms with E-state index in [1.165, 1.54) is 0 Å². The fraction of sp³-hybridized carbons (Fsp3) is 0.500. The summed E-state index contributed by atoms with van der Waals surface area (Å²) in [6, 6.07) is 6.80. The third-order valence-corrected chi connectivity index (χ3v) is 3.05. The lowest BCUT2D eigenvalue weighted by molar-refractivity contribution is -0.124. The van der Waals surface area contributed by atoms with Crippen molar-refractivity contribution < 1.29 is 9.53 Å². The second-order valence-corrected chi connectivity index (χ2v) is 5.90. The zero-order chi connectivity index (χ0) is 14.5. The summed E-state index contributed by atoms with van der Waals surface area (Å²) in [7, 11) is 0. The second-order valence-electron chi connectivity index (χ2n) is 5.46. The number of hydrogen-bond donors (Lipinski definition) is 2. The number of nitrogens with one attached hydrogen (secondary N) is 1. The molecule has 0 bridgehead atoms. The van der Waals surface area contributed by atoms with Crippen molar-refractivity contribution in [3.63, 3.8) is 0 Å². The van der Waals surface area contributed by atoms with Gasteiger partial charge in [-0.25, -0.2) is 0 Å². The van der Waals surface area contributed by atoms with Gasteiger partial charge in [-0.3, -0.25) is 4.79 Å². The highest BCUT2D eigenvalue weighted by molar-refractivity contribution is 6.30. The lowest BCUT2D eigenvalue weighted by Crippen LogP contribution is -2.49. The predicted octanol–water partition coefficient (Wildman–Crippen LogP) is 2.21. The smallest absolute Gasteiger partial charge is 0.258 e. The summed E-state index contributed by atoms with van der Waals surface area (Å²) < 4.78 is 5.37. The number of hydrogen-bond acceptors (Lipinski definition) is 3. The zero-order valence-corrected chi connectivity index (χ0v) is 12.3. The molecule has 0 saturated heterocycles. The zero-order valence-electron chi connectivity index (χ0n) is 11.6. The molecule has 3 N–H and O–H groups in total. The van der Waals surface area contributed by atoms with Crippen LogP contribution in [0.15, 0.2) is 24.3 Å². The van der Waals surface area contributed by atoms with E-state index in [1.807, 2.05) is 20.8 Å². The molecule has 0 radical (unpaired) electrons. The van der Waals surface area contributed by atoms with Gasteiger partial charge in [0.1, 0.15) is 5.75 Å². The van der Waals surface area contributed by atoms with Crippen LogP contribution >= 0.6 is 11.6 Å². The van der Waals surface area contributed by atoms with Crippen LogP contribution in [-0.4, -0.2) is 25.1 Å². The third-order valence-electron chi connectivity index (χ3n) is 2.80. The van der Waals surface area contributed by atoms with Crippen molar-refractivity contribution in [2.24, 2.45) is 11.1 Å². The second kappa shape index (κ2) is 6.78. The predicted molar refractivity (Wildman–Crippen MR) is 77.4 cm³/mol. The molecule has 1 aromatic carbocycles. The first-order valence-electron chi connectivity index (χ1n) is 6.20. The largest absolute Gasteiger partial charge is 0.484 e. The molecule has 0 fully saturated rings. The first kappa shape index (κ1) is 15.8. The monoisotopic (exact) mass is 284 g/mol. The van der Waals surface area contributed by atoms with Crippen molar-refractivity contribution in [1.29, 1.82) is 0 Å². The van der Waals surface area contributed by atoms with Crippen LogP contribution in [0.5, 0.6) is 5.75 Å². The molecule has 0 saturated carbocycles. The van der Waals surface area contributed by atoms with Crippen molar-refractivity contribution in [3.05, 3.63) is 29.3 Å². The summed E-state index contributed by atoms with van der Waals surface area (Å²) in [5.41, 5.74) is 5.58. The highest BCUT2D eigenvalue weighted by atomic mass is 35.5. The number of halogens is 1. The maximum Gasteiger partial charge on any atom is 0.258 e. The highest BCUT2D eigenvalue weighted by Crippen LogP contribution is 2.18. The van der Waals surface area contributed by atoms with Crippen molar-refractivity contribution in [3.8, 4) is 5.75 Å². The summed E-state index contributed by atoms with van der Waals surface area (Å²) in [5, 5.41) is 3.51. The van der Waals surface area contributed by atoms with Crippen molar-refractivity contribution in [2.45, 2.75) is 26.8 Å². The Morgan fingerprint density at radius 2 is 1.95 bits per heavy atom. The van der Waals surface area contributed by atoms with Crippen molar-refractivity contribution in [1.82, 2.24) is 5.32 Å². The minimum Gasteiger partial charge on any atom is -0.484 e. The molecule has 1 unspecified atom stereocenters. The van der Waals surface area contributed by atoms with Crippen LogP contribution in [-0.2, 0) is 4.79 Å². The maximum atomic E-state index is 11.8. The maximum absolute atomic E-state index is 11.8. The molecular weight excluding hydrogens is 264 g/mol. The molecule has 4 nitrogen and oxygen atoms in total. The SMILES string of the molecule is CC(C)(C)C(CN)NC(=O)COc1ccc(Cl)cc1. The quantitative estimate of drug-likeness (QED) is 0.871. The number of benzene rings is 1. The van der Waals surface area contributed by atoms with Gasteiger partial charge in [0.05, 0.1) is 0 Å². The minimum absolute atomic E-state index is 0.0335. The minimum atomic E-state index is -0.180. The Kier molecular flexibility index (Phi) is 5.63. The topological polar surface area (TPSA) is 64.3 Å². The standard InChI is InChI=1S/C14H21ClN2O2/c1-14(2,3)12(8-16)17-13(18)9-19-11-6-4-10(15)5-7-11/h4-7,12H,8-9,16H2,1-3H3,(H,17,18). The molecule has 0 aliphatic rings. The number of nitrogens with two attached hydrogens (primary N) is 1. The number of carbonyl (C=O) groups is 1. The summed E-state index contributed by atoms with van der Waals surface area (Å²) in [6.45, 7) is 6.46. The molecule has 1 aromatic rings. The van der Waals surface area contributed by atoms with Crippen LogP contribution in [0.1, 0.15) is 20.8 Å². The first-order valence-corrected chi connectivity index (χ1v) is 6.58. The normalized spacial score (nSPS) is 12.9. The third kappa shape index (κ3) is 5.49. The lowest BCUT2D eigenvalue weighted by Gasteiger charge is -2.30. The van der Waals surface area contributed by atoms with Gasteiger partial charge in [0.15, 0.2) is 6.61 Å². The van der Waals surface area contributed by atoms with E-state index in [4.69, 9.17) is 22.1 Å². The van der Waals surface area contributed by atoms with Crippen LogP contribution < -0.4 is 15.8 Å². The van der Waals surface area contributed by atoms with E-state index in [0.29, 0.717) is 17.3 Å². The molecule has 1 atom stereocenters. The van der Waals surface area contributed by atoms with Gasteiger partial charge in [-0.15, -0.1) is 0 Å². The van der Waals surface area contributed by atoms with Crippen molar-refractivity contribution >= 4 is 17.5 Å². The Labute approximate surface area is 119 Å². The Morgan fingerprint density at radius 3 is 2.42 bits per heavy atom. The summed E-state index contributed by atoms with van der Waals surface area (Å²) in [5.74, 6) is 0.430. The molecule has 0 aliphatic heterocycles. The Hall–Kier alpha value is -1.26. The Morgan fingerprint density at radius 1 is 1.37 bits per heavy atom. The van der Waals surface area contributed by atoms with Crippen molar-refractivity contribution in [2.75, 3.05) is 13.2 Å². The molecule has 0 aliphatic carbocycles. The van der Waals surface area contributed by atoms with E-state index in [1.54, 1.807) is 24.3 Å². The molecule has 5 heteroatoms. The fourth-order valence-electron chi connectivity index (χ4n) is 1.54. The van der Waals surface area contributed by atoms with Gasteiger partial charge in [-0.2, -0.15) is 0 Å². The van der Waals surface area contributed by atoms with E-state index in [-0.39, 0.29) is 24.0 Å². The summed E-state index contributed by atoms with van der Waals surface area (Å²) >= 11 is 5.76. The van der Waals surface area contributed by atoms with E-state index in [9.17, 15) is 4.79 Å². The Bertz CT molecular complexity index is 412. The highest BCUT2D eigenvalue weighted by Gasteiger charge is 2.24. The average Bonchev–Trinajstić information content (AvgIpc) is 2.34. The molecule has 106 valence electrons. The molecule has 19 heavy (non-hydrogen) atoms. The van der Waals surface area contributed by atoms with E-state index in [2.05, 4.69) is 5.32 Å². The fourth-order valence-corrected chi connectivity index (χ4v) is 1.67. The summed E-state index contributed by atoms with van der Waals surface area (Å²) in [4.78, 5) is 11.8. The molecule has 1 rings (SSSR count). The van der Waals surface area contributed by atoms with Gasteiger partial charge < -0.3 is 15.8 Å². The van der Waals surface area contributed by atoms with Gasteiger partial charge >= 0.3 is 0 Å².